The fourth-order valence-electron chi connectivity index (χ4n) is 1.33. The van der Waals surface area contributed by atoms with Crippen LogP contribution in [0.1, 0.15) is 5.69 Å². The smallest absolute Gasteiger partial charge is 0.240 e. The van der Waals surface area contributed by atoms with Crippen LogP contribution in [0.15, 0.2) is 6.07 Å². The molecule has 5 nitrogen and oxygen atoms in total. The maximum atomic E-state index is 11.0. The van der Waals surface area contributed by atoms with Crippen molar-refractivity contribution in [2.24, 2.45) is 0 Å². The number of rotatable bonds is 2. The van der Waals surface area contributed by atoms with E-state index in [0.717, 1.165) is 12.2 Å². The number of hydrogen-bond acceptors (Lipinski definition) is 3. The number of aromatic nitrogens is 2. The molecule has 0 bridgehead atoms. The first-order valence-corrected chi connectivity index (χ1v) is 4.83. The third-order valence-electron chi connectivity index (χ3n) is 1.95. The maximum Gasteiger partial charge on any atom is 0.240 e. The number of nitrogens with one attached hydrogen (secondary N) is 1. The van der Waals surface area contributed by atoms with Gasteiger partial charge in [-0.05, 0) is 0 Å². The first-order chi connectivity index (χ1) is 6.79. The molecule has 0 unspecified atom stereocenters. The molecule has 1 aromatic rings. The van der Waals surface area contributed by atoms with Crippen molar-refractivity contribution in [1.82, 2.24) is 9.78 Å². The summed E-state index contributed by atoms with van der Waals surface area (Å²) >= 11 is 5.36. The van der Waals surface area contributed by atoms with Crippen molar-refractivity contribution in [3.05, 3.63) is 11.8 Å². The van der Waals surface area contributed by atoms with Crippen LogP contribution in [-0.2, 0) is 22.7 Å². The minimum Gasteiger partial charge on any atom is -0.373 e. The molecule has 76 valence electrons. The van der Waals surface area contributed by atoms with Crippen molar-refractivity contribution < 1.29 is 9.53 Å². The fourth-order valence-corrected chi connectivity index (χ4v) is 1.40. The predicted molar refractivity (Wildman–Crippen MR) is 51.2 cm³/mol. The van der Waals surface area contributed by atoms with Gasteiger partial charge in [0.15, 0.2) is 5.82 Å². The van der Waals surface area contributed by atoms with E-state index in [4.69, 9.17) is 16.3 Å². The number of fused-ring (bicyclic) bond motifs is 1. The normalized spacial score (nSPS) is 14.9. The zero-order chi connectivity index (χ0) is 9.97. The molecule has 1 amide bonds. The van der Waals surface area contributed by atoms with Crippen molar-refractivity contribution in [2.75, 3.05) is 17.8 Å². The standard InChI is InChI=1S/C8H10ClN3O2/c9-4-8(13)10-7-3-6-5-14-2-1-12(6)11-7/h3H,1-2,4-5H2,(H,10,11,13). The summed E-state index contributed by atoms with van der Waals surface area (Å²) in [4.78, 5) is 11.0. The zero-order valence-electron chi connectivity index (χ0n) is 7.49. The van der Waals surface area contributed by atoms with Gasteiger partial charge in [0.05, 0.1) is 25.5 Å². The van der Waals surface area contributed by atoms with Crippen LogP contribution in [0.4, 0.5) is 5.82 Å². The number of alkyl halides is 1. The van der Waals surface area contributed by atoms with Crippen LogP contribution < -0.4 is 5.32 Å². The van der Waals surface area contributed by atoms with E-state index in [1.54, 1.807) is 6.07 Å². The van der Waals surface area contributed by atoms with E-state index >= 15 is 0 Å². The molecular weight excluding hydrogens is 206 g/mol. The number of amides is 1. The second-order valence-electron chi connectivity index (χ2n) is 2.98. The highest BCUT2D eigenvalue weighted by Crippen LogP contribution is 2.13. The molecule has 1 N–H and O–H groups in total. The molecule has 0 aliphatic carbocycles. The Morgan fingerprint density at radius 1 is 1.79 bits per heavy atom. The average molecular weight is 216 g/mol. The van der Waals surface area contributed by atoms with E-state index in [0.29, 0.717) is 19.0 Å². The molecule has 0 fully saturated rings. The molecule has 0 aromatic carbocycles. The van der Waals surface area contributed by atoms with Crippen LogP contribution in [0, 0.1) is 0 Å². The Balaban J connectivity index is 2.12. The lowest BCUT2D eigenvalue weighted by Gasteiger charge is -2.12. The zero-order valence-corrected chi connectivity index (χ0v) is 8.25. The number of carbonyl (C=O) groups is 1. The van der Waals surface area contributed by atoms with Gasteiger partial charge in [0.2, 0.25) is 5.91 Å². The Labute approximate surface area is 86.0 Å². The van der Waals surface area contributed by atoms with Crippen LogP contribution in [0.2, 0.25) is 0 Å². The maximum absolute atomic E-state index is 11.0. The van der Waals surface area contributed by atoms with Gasteiger partial charge in [-0.1, -0.05) is 0 Å². The minimum absolute atomic E-state index is 0.0569. The molecule has 0 saturated heterocycles. The number of ether oxygens (including phenoxy) is 1. The SMILES string of the molecule is O=C(CCl)Nc1cc2n(n1)CCOC2. The van der Waals surface area contributed by atoms with Crippen LogP contribution in [0.5, 0.6) is 0 Å². The summed E-state index contributed by atoms with van der Waals surface area (Å²) in [6, 6.07) is 1.80. The van der Waals surface area contributed by atoms with Gasteiger partial charge in [-0.2, -0.15) is 5.10 Å². The first-order valence-electron chi connectivity index (χ1n) is 4.30. The Hall–Kier alpha value is -1.07. The fraction of sp³-hybridized carbons (Fsp3) is 0.500. The van der Waals surface area contributed by atoms with Crippen LogP contribution in [-0.4, -0.2) is 28.2 Å². The molecule has 1 aliphatic rings. The summed E-state index contributed by atoms with van der Waals surface area (Å²) in [5.74, 6) is 0.234. The monoisotopic (exact) mass is 215 g/mol. The molecule has 0 radical (unpaired) electrons. The third kappa shape index (κ3) is 1.88. The van der Waals surface area contributed by atoms with Gasteiger partial charge >= 0.3 is 0 Å². The van der Waals surface area contributed by atoms with Crippen molar-refractivity contribution >= 4 is 23.3 Å². The van der Waals surface area contributed by atoms with Gasteiger partial charge in [0.1, 0.15) is 5.88 Å². The average Bonchev–Trinajstić information content (AvgIpc) is 2.59. The summed E-state index contributed by atoms with van der Waals surface area (Å²) < 4.78 is 7.07. The van der Waals surface area contributed by atoms with Gasteiger partial charge in [0.25, 0.3) is 0 Å². The first kappa shape index (κ1) is 9.48. The van der Waals surface area contributed by atoms with Gasteiger partial charge < -0.3 is 10.1 Å². The number of hydrogen-bond donors (Lipinski definition) is 1. The van der Waals surface area contributed by atoms with Crippen LogP contribution in [0.3, 0.4) is 0 Å². The highest BCUT2D eigenvalue weighted by Gasteiger charge is 2.13. The Morgan fingerprint density at radius 2 is 2.64 bits per heavy atom. The molecule has 2 rings (SSSR count). The molecular formula is C8H10ClN3O2. The van der Waals surface area contributed by atoms with E-state index in [-0.39, 0.29) is 11.8 Å². The summed E-state index contributed by atoms with van der Waals surface area (Å²) in [5, 5.41) is 6.78. The number of halogens is 1. The lowest BCUT2D eigenvalue weighted by Crippen LogP contribution is -2.17. The Morgan fingerprint density at radius 3 is 3.36 bits per heavy atom. The molecule has 0 saturated carbocycles. The van der Waals surface area contributed by atoms with Crippen molar-refractivity contribution in [3.8, 4) is 0 Å². The molecule has 1 aromatic heterocycles. The molecule has 0 atom stereocenters. The predicted octanol–water partition coefficient (Wildman–Crippen LogP) is 0.591. The van der Waals surface area contributed by atoms with E-state index in [9.17, 15) is 4.79 Å². The highest BCUT2D eigenvalue weighted by atomic mass is 35.5. The summed E-state index contributed by atoms with van der Waals surface area (Å²) in [5.41, 5.74) is 0.973. The summed E-state index contributed by atoms with van der Waals surface area (Å²) in [6.07, 6.45) is 0. The molecule has 6 heteroatoms. The molecule has 14 heavy (non-hydrogen) atoms. The number of nitrogens with zero attached hydrogens (tertiary/aromatic N) is 2. The van der Waals surface area contributed by atoms with Crippen molar-refractivity contribution in [2.45, 2.75) is 13.2 Å². The quantitative estimate of drug-likeness (QED) is 0.735. The molecule has 0 spiro atoms. The third-order valence-corrected chi connectivity index (χ3v) is 2.19. The van der Waals surface area contributed by atoms with E-state index in [2.05, 4.69) is 10.4 Å². The lowest BCUT2D eigenvalue weighted by molar-refractivity contribution is -0.113. The minimum atomic E-state index is -0.247. The second-order valence-corrected chi connectivity index (χ2v) is 3.25. The van der Waals surface area contributed by atoms with Crippen LogP contribution in [0.25, 0.3) is 0 Å². The molecule has 2 heterocycles. The van der Waals surface area contributed by atoms with Gasteiger partial charge in [0, 0.05) is 6.07 Å². The van der Waals surface area contributed by atoms with Gasteiger partial charge in [-0.15, -0.1) is 11.6 Å². The van der Waals surface area contributed by atoms with Crippen LogP contribution >= 0.6 is 11.6 Å². The molecule has 1 aliphatic heterocycles. The van der Waals surface area contributed by atoms with Crippen molar-refractivity contribution in [1.29, 1.82) is 0 Å². The topological polar surface area (TPSA) is 56.2 Å². The largest absolute Gasteiger partial charge is 0.373 e. The summed E-state index contributed by atoms with van der Waals surface area (Å²) in [7, 11) is 0. The van der Waals surface area contributed by atoms with Gasteiger partial charge in [-0.3, -0.25) is 9.48 Å². The Kier molecular flexibility index (Phi) is 2.69. The van der Waals surface area contributed by atoms with E-state index in [1.807, 2.05) is 4.68 Å². The lowest BCUT2D eigenvalue weighted by atomic mass is 10.4. The Bertz CT molecular complexity index is 327. The summed E-state index contributed by atoms with van der Waals surface area (Å²) in [6.45, 7) is 1.94. The second kappa shape index (κ2) is 3.98. The van der Waals surface area contributed by atoms with Gasteiger partial charge in [-0.25, -0.2) is 0 Å². The number of carbonyl (C=O) groups excluding carboxylic acids is 1. The highest BCUT2D eigenvalue weighted by molar-refractivity contribution is 6.28. The number of anilines is 1. The van der Waals surface area contributed by atoms with Crippen molar-refractivity contribution in [3.63, 3.8) is 0 Å². The van der Waals surface area contributed by atoms with E-state index < -0.39 is 0 Å². The van der Waals surface area contributed by atoms with E-state index in [1.165, 1.54) is 0 Å².